The van der Waals surface area contributed by atoms with E-state index in [0.29, 0.717) is 0 Å². The summed E-state index contributed by atoms with van der Waals surface area (Å²) in [5.74, 6) is 1.86. The zero-order chi connectivity index (χ0) is 12.3. The summed E-state index contributed by atoms with van der Waals surface area (Å²) in [5.41, 5.74) is 0. The van der Waals surface area contributed by atoms with Gasteiger partial charge in [0.15, 0.2) is 0 Å². The second-order valence-electron chi connectivity index (χ2n) is 6.61. The molecule has 17 heavy (non-hydrogen) atoms. The van der Waals surface area contributed by atoms with Crippen LogP contribution in [0.25, 0.3) is 0 Å². The Morgan fingerprint density at radius 3 is 2.35 bits per heavy atom. The molecule has 0 radical (unpaired) electrons. The largest absolute Gasteiger partial charge is 0.315 e. The van der Waals surface area contributed by atoms with Gasteiger partial charge in [0, 0.05) is 25.2 Å². The monoisotopic (exact) mass is 238 g/mol. The fourth-order valence-corrected chi connectivity index (χ4v) is 2.51. The third-order valence-corrected chi connectivity index (χ3v) is 4.09. The molecule has 1 atom stereocenters. The molecule has 0 spiro atoms. The Kier molecular flexibility index (Phi) is 4.87. The maximum absolute atomic E-state index is 3.63. The highest BCUT2D eigenvalue weighted by atomic mass is 15.2. The summed E-state index contributed by atoms with van der Waals surface area (Å²) in [6.45, 7) is 10.7. The second kappa shape index (κ2) is 6.19. The third-order valence-electron chi connectivity index (χ3n) is 4.09. The van der Waals surface area contributed by atoms with Crippen LogP contribution in [-0.2, 0) is 0 Å². The minimum Gasteiger partial charge on any atom is -0.315 e. The van der Waals surface area contributed by atoms with E-state index in [1.165, 1.54) is 51.7 Å². The fourth-order valence-electron chi connectivity index (χ4n) is 2.51. The van der Waals surface area contributed by atoms with Gasteiger partial charge in [0.05, 0.1) is 0 Å². The first-order valence-electron chi connectivity index (χ1n) is 7.63. The molecule has 2 heteroatoms. The maximum atomic E-state index is 3.63. The van der Waals surface area contributed by atoms with Crippen LogP contribution in [0, 0.1) is 11.8 Å². The smallest absolute Gasteiger partial charge is 0.0195 e. The number of hydrogen-bond acceptors (Lipinski definition) is 2. The van der Waals surface area contributed by atoms with Crippen LogP contribution in [0.3, 0.4) is 0 Å². The van der Waals surface area contributed by atoms with Gasteiger partial charge in [0.1, 0.15) is 0 Å². The number of nitrogens with one attached hydrogen (secondary N) is 1. The molecule has 0 aromatic rings. The summed E-state index contributed by atoms with van der Waals surface area (Å²) in [7, 11) is 0. The summed E-state index contributed by atoms with van der Waals surface area (Å²) in [5, 5.41) is 3.63. The van der Waals surface area contributed by atoms with Crippen molar-refractivity contribution in [3.63, 3.8) is 0 Å². The molecule has 2 nitrogen and oxygen atoms in total. The summed E-state index contributed by atoms with van der Waals surface area (Å²) < 4.78 is 0. The van der Waals surface area contributed by atoms with Gasteiger partial charge in [-0.1, -0.05) is 13.8 Å². The van der Waals surface area contributed by atoms with Gasteiger partial charge in [-0.3, -0.25) is 4.90 Å². The molecule has 100 valence electrons. The fraction of sp³-hybridized carbons (Fsp3) is 1.00. The molecule has 1 unspecified atom stereocenters. The minimum absolute atomic E-state index is 0.732. The van der Waals surface area contributed by atoms with Gasteiger partial charge in [-0.15, -0.1) is 0 Å². The van der Waals surface area contributed by atoms with Crippen LogP contribution >= 0.6 is 0 Å². The number of hydrogen-bond donors (Lipinski definition) is 1. The number of rotatable bonds is 9. The Labute approximate surface area is 107 Å². The Bertz CT molecular complexity index is 219. The highest BCUT2D eigenvalue weighted by Crippen LogP contribution is 2.35. The molecule has 0 bridgehead atoms. The van der Waals surface area contributed by atoms with Crippen molar-refractivity contribution in [1.29, 1.82) is 0 Å². The maximum Gasteiger partial charge on any atom is 0.0195 e. The molecule has 2 saturated carbocycles. The van der Waals surface area contributed by atoms with Crippen molar-refractivity contribution >= 4 is 0 Å². The topological polar surface area (TPSA) is 15.3 Å². The van der Waals surface area contributed by atoms with E-state index in [4.69, 9.17) is 0 Å². The van der Waals surface area contributed by atoms with E-state index in [1.807, 2.05) is 0 Å². The average Bonchev–Trinajstić information content (AvgIpc) is 3.14. The van der Waals surface area contributed by atoms with Crippen LogP contribution < -0.4 is 5.32 Å². The van der Waals surface area contributed by atoms with Crippen LogP contribution in [-0.4, -0.2) is 36.6 Å². The standard InChI is InChI=1S/C15H30N2/c1-12(2)8-9-16-10-13(3)17(15-6-7-15)11-14-4-5-14/h12-16H,4-11H2,1-3H3. The van der Waals surface area contributed by atoms with Gasteiger partial charge in [-0.25, -0.2) is 0 Å². The van der Waals surface area contributed by atoms with Gasteiger partial charge in [0.2, 0.25) is 0 Å². The first kappa shape index (κ1) is 13.4. The lowest BCUT2D eigenvalue weighted by Crippen LogP contribution is -2.43. The normalized spacial score (nSPS) is 22.4. The molecule has 0 aromatic heterocycles. The first-order valence-corrected chi connectivity index (χ1v) is 7.63. The van der Waals surface area contributed by atoms with Gasteiger partial charge >= 0.3 is 0 Å². The van der Waals surface area contributed by atoms with Gasteiger partial charge < -0.3 is 5.32 Å². The van der Waals surface area contributed by atoms with E-state index in [9.17, 15) is 0 Å². The van der Waals surface area contributed by atoms with Crippen molar-refractivity contribution in [2.75, 3.05) is 19.6 Å². The molecule has 0 heterocycles. The zero-order valence-corrected chi connectivity index (χ0v) is 11.9. The summed E-state index contributed by atoms with van der Waals surface area (Å²) in [6.07, 6.45) is 7.16. The Morgan fingerprint density at radius 1 is 1.12 bits per heavy atom. The predicted octanol–water partition coefficient (Wildman–Crippen LogP) is 2.89. The van der Waals surface area contributed by atoms with Gasteiger partial charge in [-0.2, -0.15) is 0 Å². The molecule has 0 aliphatic heterocycles. The molecule has 2 fully saturated rings. The highest BCUT2D eigenvalue weighted by Gasteiger charge is 2.35. The Hall–Kier alpha value is -0.0800. The van der Waals surface area contributed by atoms with Crippen LogP contribution in [0.2, 0.25) is 0 Å². The Morgan fingerprint density at radius 2 is 1.82 bits per heavy atom. The zero-order valence-electron chi connectivity index (χ0n) is 11.9. The van der Waals surface area contributed by atoms with Crippen molar-refractivity contribution in [1.82, 2.24) is 10.2 Å². The molecular weight excluding hydrogens is 208 g/mol. The van der Waals surface area contributed by atoms with Crippen molar-refractivity contribution < 1.29 is 0 Å². The molecule has 0 amide bonds. The molecule has 1 N–H and O–H groups in total. The molecule has 2 aliphatic rings. The van der Waals surface area contributed by atoms with E-state index < -0.39 is 0 Å². The lowest BCUT2D eigenvalue weighted by atomic mass is 10.1. The van der Waals surface area contributed by atoms with Crippen molar-refractivity contribution in [3.8, 4) is 0 Å². The average molecular weight is 238 g/mol. The molecule has 0 aromatic carbocycles. The minimum atomic E-state index is 0.732. The Balaban J connectivity index is 1.62. The molecule has 2 aliphatic carbocycles. The summed E-state index contributed by atoms with van der Waals surface area (Å²) >= 11 is 0. The first-order chi connectivity index (χ1) is 8.16. The molecule has 2 rings (SSSR count). The van der Waals surface area contributed by atoms with Crippen molar-refractivity contribution in [2.24, 2.45) is 11.8 Å². The van der Waals surface area contributed by atoms with Crippen LogP contribution in [0.1, 0.15) is 52.9 Å². The van der Waals surface area contributed by atoms with Crippen LogP contribution in [0.5, 0.6) is 0 Å². The van der Waals surface area contributed by atoms with E-state index in [-0.39, 0.29) is 0 Å². The van der Waals surface area contributed by atoms with Crippen molar-refractivity contribution in [2.45, 2.75) is 65.0 Å². The lowest BCUT2D eigenvalue weighted by Gasteiger charge is -2.29. The van der Waals surface area contributed by atoms with Crippen molar-refractivity contribution in [3.05, 3.63) is 0 Å². The SMILES string of the molecule is CC(C)CCNCC(C)N(CC1CC1)C1CC1. The van der Waals surface area contributed by atoms with Gasteiger partial charge in [-0.05, 0) is 57.4 Å². The third kappa shape index (κ3) is 4.97. The van der Waals surface area contributed by atoms with Crippen LogP contribution in [0.4, 0.5) is 0 Å². The van der Waals surface area contributed by atoms with Gasteiger partial charge in [0.25, 0.3) is 0 Å². The van der Waals surface area contributed by atoms with E-state index in [2.05, 4.69) is 31.0 Å². The molecule has 0 saturated heterocycles. The highest BCUT2D eigenvalue weighted by molar-refractivity contribution is 4.91. The summed E-state index contributed by atoms with van der Waals surface area (Å²) in [4.78, 5) is 2.78. The van der Waals surface area contributed by atoms with E-state index in [1.54, 1.807) is 0 Å². The van der Waals surface area contributed by atoms with E-state index >= 15 is 0 Å². The quantitative estimate of drug-likeness (QED) is 0.621. The summed E-state index contributed by atoms with van der Waals surface area (Å²) in [6, 6.07) is 1.66. The lowest BCUT2D eigenvalue weighted by molar-refractivity contribution is 0.185. The number of nitrogens with zero attached hydrogens (tertiary/aromatic N) is 1. The predicted molar refractivity (Wildman–Crippen MR) is 74.2 cm³/mol. The van der Waals surface area contributed by atoms with Crippen LogP contribution in [0.15, 0.2) is 0 Å². The molecular formula is C15H30N2. The second-order valence-corrected chi connectivity index (χ2v) is 6.61. The van der Waals surface area contributed by atoms with E-state index in [0.717, 1.165) is 23.9 Å².